The minimum atomic E-state index is -2.13. The van der Waals surface area contributed by atoms with Crippen LogP contribution in [-0.2, 0) is 20.1 Å². The molecule has 0 saturated carbocycles. The van der Waals surface area contributed by atoms with E-state index in [9.17, 15) is 0 Å². The molecule has 61 heavy (non-hydrogen) atoms. The normalized spacial score (nSPS) is 13.1. The van der Waals surface area contributed by atoms with Crippen molar-refractivity contribution in [1.29, 1.82) is 0 Å². The fourth-order valence-electron chi connectivity index (χ4n) is 8.06. The predicted octanol–water partition coefficient (Wildman–Crippen LogP) is 14.8. The predicted molar refractivity (Wildman–Crippen MR) is 257 cm³/mol. The second kappa shape index (κ2) is 18.1. The van der Waals surface area contributed by atoms with Gasteiger partial charge >= 0.3 is 120 Å². The molecule has 9 aromatic rings. The summed E-state index contributed by atoms with van der Waals surface area (Å²) in [5.74, 6) is 7.94. The van der Waals surface area contributed by atoms with E-state index in [1.54, 1.807) is 12.1 Å². The minimum absolute atomic E-state index is 0. The van der Waals surface area contributed by atoms with Crippen molar-refractivity contribution in [2.24, 2.45) is 0 Å². The van der Waals surface area contributed by atoms with E-state index >= 15 is 0 Å². The van der Waals surface area contributed by atoms with Crippen LogP contribution in [0.4, 0.5) is 0 Å². The summed E-state index contributed by atoms with van der Waals surface area (Å²) in [5, 5.41) is 1.97. The number of hydrogen-bond donors (Lipinski definition) is 0. The van der Waals surface area contributed by atoms with Gasteiger partial charge in [0.2, 0.25) is 0 Å². The standard InChI is InChI=1S/C38H33N2O.C17H22GeN.Ir/c1-23(2)29-9-8-10-30(24(3)4)37(29)40-34-12-7-6-11-33(34)39-38(40)28-18-20-36-32(22-28)31-21-27(17-19-35(31)41-36)26-15-13-25(5)14-16-26;1-13(2)15-11-17(14-9-7-6-8-10-14)19-12-16(15)18(3,4)5;/h6-17,19-24H,1-5H3;6-9,11-13H,1-5H3;/q2*-1;/i5D3;13D;. The summed E-state index contributed by atoms with van der Waals surface area (Å²) < 4.78 is 41.4. The summed E-state index contributed by atoms with van der Waals surface area (Å²) in [6.45, 7) is 10.8. The molecule has 0 amide bonds. The molecule has 0 unspecified atom stereocenters. The minimum Gasteiger partial charge on any atom is -0.500 e. The molecular weight excluding hydrogens is 983 g/mol. The summed E-state index contributed by atoms with van der Waals surface area (Å²) in [6.07, 6.45) is 2.00. The van der Waals surface area contributed by atoms with E-state index in [4.69, 9.17) is 14.9 Å². The summed E-state index contributed by atoms with van der Waals surface area (Å²) in [5.41, 5.74) is 13.5. The zero-order chi connectivity index (χ0) is 45.7. The first kappa shape index (κ1) is 38.8. The molecule has 4 nitrogen and oxygen atoms in total. The van der Waals surface area contributed by atoms with Crippen molar-refractivity contribution in [1.82, 2.24) is 14.5 Å². The molecule has 0 saturated heterocycles. The van der Waals surface area contributed by atoms with E-state index in [0.717, 1.165) is 72.3 Å². The van der Waals surface area contributed by atoms with Gasteiger partial charge in [-0.3, -0.25) is 4.98 Å². The molecule has 0 atom stereocenters. The maximum Gasteiger partial charge on any atom is 0.121 e. The van der Waals surface area contributed by atoms with Gasteiger partial charge in [0.1, 0.15) is 5.58 Å². The van der Waals surface area contributed by atoms with Crippen LogP contribution < -0.4 is 4.40 Å². The van der Waals surface area contributed by atoms with Gasteiger partial charge in [-0.15, -0.1) is 23.8 Å². The third-order valence-corrected chi connectivity index (χ3v) is 15.5. The van der Waals surface area contributed by atoms with Crippen LogP contribution in [0.5, 0.6) is 0 Å². The number of imidazole rings is 1. The van der Waals surface area contributed by atoms with Gasteiger partial charge in [0.05, 0.1) is 22.4 Å². The first-order valence-corrected chi connectivity index (χ1v) is 28.2. The number of aromatic nitrogens is 3. The number of furan rings is 1. The van der Waals surface area contributed by atoms with Crippen molar-refractivity contribution in [3.63, 3.8) is 0 Å². The van der Waals surface area contributed by atoms with Crippen LogP contribution in [0.2, 0.25) is 17.3 Å². The number of benzene rings is 6. The SMILES string of the molecule is [2H]C(C)(C)c1cc(-c2[c-]cccc2)nc[c]1[Ge]([CH3])([CH3])[CH3].[2H]C([2H])([2H])c1ccc(-c2ccc3oc4c[c-]c(-c5nc6ccccc6n5-c5c(C(C)C)cccc5C(C)C)cc4c3c2)cc1.[Ir]. The molecule has 0 aliphatic rings. The Morgan fingerprint density at radius 2 is 1.38 bits per heavy atom. The number of para-hydroxylation sites is 3. The summed E-state index contributed by atoms with van der Waals surface area (Å²) in [6, 6.07) is 48.8. The number of fused-ring (bicyclic) bond motifs is 4. The molecule has 0 aliphatic carbocycles. The van der Waals surface area contributed by atoms with Crippen LogP contribution in [0, 0.1) is 19.0 Å². The van der Waals surface area contributed by atoms with E-state index in [2.05, 4.69) is 121 Å². The molecule has 6 aromatic carbocycles. The fraction of sp³-hybridized carbons (Fsp3) is 0.236. The molecule has 0 N–H and O–H groups in total. The van der Waals surface area contributed by atoms with E-state index in [1.807, 2.05) is 80.7 Å². The quantitative estimate of drug-likeness (QED) is 0.113. The van der Waals surface area contributed by atoms with Crippen molar-refractivity contribution in [3.05, 3.63) is 168 Å². The number of rotatable bonds is 8. The van der Waals surface area contributed by atoms with Gasteiger partial charge in [-0.2, -0.15) is 0 Å². The van der Waals surface area contributed by atoms with Crippen LogP contribution >= 0.6 is 0 Å². The molecule has 0 aliphatic heterocycles. The van der Waals surface area contributed by atoms with E-state index in [0.29, 0.717) is 17.4 Å². The van der Waals surface area contributed by atoms with Crippen molar-refractivity contribution in [2.75, 3.05) is 0 Å². The Kier molecular flexibility index (Phi) is 11.5. The van der Waals surface area contributed by atoms with E-state index in [1.165, 1.54) is 21.2 Å². The molecule has 6 heteroatoms. The van der Waals surface area contributed by atoms with Crippen LogP contribution in [0.15, 0.2) is 138 Å². The van der Waals surface area contributed by atoms with Crippen molar-refractivity contribution < 1.29 is 30.0 Å². The van der Waals surface area contributed by atoms with Gasteiger partial charge in [-0.1, -0.05) is 99.3 Å². The molecule has 9 rings (SSSR count). The number of nitrogens with zero attached hydrogens (tertiary/aromatic N) is 3. The summed E-state index contributed by atoms with van der Waals surface area (Å²) in [4.78, 5) is 9.80. The Labute approximate surface area is 383 Å². The molecule has 3 aromatic heterocycles. The molecule has 311 valence electrons. The molecule has 3 heterocycles. The molecule has 0 spiro atoms. The number of aryl methyl sites for hydroxylation is 1. The van der Waals surface area contributed by atoms with Gasteiger partial charge in [0.15, 0.2) is 0 Å². The third kappa shape index (κ3) is 8.98. The van der Waals surface area contributed by atoms with Gasteiger partial charge in [-0.25, -0.2) is 0 Å². The third-order valence-electron chi connectivity index (χ3n) is 11.2. The van der Waals surface area contributed by atoms with Gasteiger partial charge in [-0.05, 0) is 65.2 Å². The van der Waals surface area contributed by atoms with Gasteiger partial charge in [0, 0.05) is 35.3 Å². The Bertz CT molecular complexity index is 3100. The van der Waals surface area contributed by atoms with Crippen LogP contribution in [0.3, 0.4) is 0 Å². The fourth-order valence-corrected chi connectivity index (χ4v) is 11.4. The van der Waals surface area contributed by atoms with Gasteiger partial charge < -0.3 is 8.98 Å². The second-order valence-corrected chi connectivity index (χ2v) is 28.1. The van der Waals surface area contributed by atoms with Gasteiger partial charge in [0.25, 0.3) is 0 Å². The monoisotopic (exact) mass is 1040 g/mol. The Morgan fingerprint density at radius 3 is 2.03 bits per heavy atom. The zero-order valence-corrected chi connectivity index (χ0v) is 40.9. The van der Waals surface area contributed by atoms with E-state index < -0.39 is 26.0 Å². The molecular formula is C55H55GeIrN3O-2. The second-order valence-electron chi connectivity index (χ2n) is 17.5. The topological polar surface area (TPSA) is 43.9 Å². The van der Waals surface area contributed by atoms with Crippen molar-refractivity contribution in [2.45, 2.75) is 83.4 Å². The van der Waals surface area contributed by atoms with Crippen LogP contribution in [-0.4, -0.2) is 27.8 Å². The van der Waals surface area contributed by atoms with E-state index in [-0.39, 0.29) is 20.1 Å². The summed E-state index contributed by atoms with van der Waals surface area (Å²) >= 11 is -2.03. The van der Waals surface area contributed by atoms with Crippen LogP contribution in [0.1, 0.15) is 87.0 Å². The Hall–Kier alpha value is -5.07. The average molecular weight is 1040 g/mol. The Balaban J connectivity index is 0.000000253. The zero-order valence-electron chi connectivity index (χ0n) is 40.4. The first-order chi connectivity index (χ1) is 30.3. The number of pyridine rings is 1. The summed E-state index contributed by atoms with van der Waals surface area (Å²) in [7, 11) is 0. The molecule has 0 bridgehead atoms. The molecule has 1 radical (unpaired) electrons. The Morgan fingerprint density at radius 1 is 0.689 bits per heavy atom. The van der Waals surface area contributed by atoms with Crippen LogP contribution in [0.25, 0.3) is 72.4 Å². The van der Waals surface area contributed by atoms with Crippen molar-refractivity contribution in [3.8, 4) is 39.5 Å². The first-order valence-electron chi connectivity index (χ1n) is 22.9. The average Bonchev–Trinajstić information content (AvgIpc) is 3.83. The molecule has 0 fully saturated rings. The number of hydrogen-bond acceptors (Lipinski definition) is 3. The maximum absolute atomic E-state index is 8.44. The largest absolute Gasteiger partial charge is 0.500 e. The van der Waals surface area contributed by atoms with Crippen molar-refractivity contribution >= 4 is 50.6 Å². The maximum atomic E-state index is 8.44. The smallest absolute Gasteiger partial charge is 0.121 e.